The molecule has 8 heteroatoms. The van der Waals surface area contributed by atoms with Gasteiger partial charge in [0.1, 0.15) is 6.07 Å². The quantitative estimate of drug-likeness (QED) is 0.530. The first kappa shape index (κ1) is 17.1. The number of allylic oxidation sites excluding steroid dienone is 1. The fourth-order valence-electron chi connectivity index (χ4n) is 1.99. The molecular weight excluding hydrogens is 325 g/mol. The molecule has 0 radical (unpaired) electrons. The van der Waals surface area contributed by atoms with Crippen LogP contribution in [0.2, 0.25) is 0 Å². The van der Waals surface area contributed by atoms with Gasteiger partial charge in [0.25, 0.3) is 5.69 Å². The van der Waals surface area contributed by atoms with Gasteiger partial charge >= 0.3 is 6.18 Å². The van der Waals surface area contributed by atoms with Crippen LogP contribution in [-0.4, -0.2) is 12.2 Å². The summed E-state index contributed by atoms with van der Waals surface area (Å²) >= 11 is 0. The van der Waals surface area contributed by atoms with Gasteiger partial charge in [0.05, 0.1) is 18.2 Å². The molecule has 1 aromatic heterocycles. The van der Waals surface area contributed by atoms with Crippen molar-refractivity contribution in [1.82, 2.24) is 0 Å². The van der Waals surface area contributed by atoms with E-state index in [0.717, 1.165) is 6.07 Å². The summed E-state index contributed by atoms with van der Waals surface area (Å²) in [6, 6.07) is 7.77. The summed E-state index contributed by atoms with van der Waals surface area (Å²) in [7, 11) is 1.35. The number of aromatic nitrogens is 1. The number of hydrogen-bond donors (Lipinski definition) is 1. The number of pyridine rings is 1. The third-order valence-corrected chi connectivity index (χ3v) is 3.15. The number of hydrogen-bond acceptors (Lipinski definition) is 4. The molecule has 1 heterocycles. The van der Waals surface area contributed by atoms with Crippen molar-refractivity contribution >= 4 is 11.6 Å². The average Bonchev–Trinajstić information content (AvgIpc) is 2.52. The Morgan fingerprint density at radius 2 is 2.04 bits per heavy atom. The van der Waals surface area contributed by atoms with E-state index in [4.69, 9.17) is 4.74 Å². The van der Waals surface area contributed by atoms with Crippen molar-refractivity contribution in [3.05, 3.63) is 58.6 Å². The second-order valence-electron chi connectivity index (χ2n) is 4.73. The van der Waals surface area contributed by atoms with Crippen LogP contribution >= 0.6 is 0 Å². The fourth-order valence-corrected chi connectivity index (χ4v) is 1.99. The molecular formula is C16H11F3N2O3. The molecule has 0 amide bonds. The van der Waals surface area contributed by atoms with Gasteiger partial charge in [-0.05, 0) is 29.8 Å². The van der Waals surface area contributed by atoms with Gasteiger partial charge in [-0.15, -0.1) is 0 Å². The molecule has 0 spiro atoms. The zero-order chi connectivity index (χ0) is 17.9. The molecule has 1 N–H and O–H groups in total. The predicted octanol–water partition coefficient (Wildman–Crippen LogP) is 3.12. The van der Waals surface area contributed by atoms with Gasteiger partial charge in [0.2, 0.25) is 0 Å². The van der Waals surface area contributed by atoms with E-state index < -0.39 is 11.9 Å². The number of ether oxygens (including phenoxy) is 1. The highest BCUT2D eigenvalue weighted by Crippen LogP contribution is 2.29. The van der Waals surface area contributed by atoms with Crippen LogP contribution in [0.15, 0.2) is 36.5 Å². The highest BCUT2D eigenvalue weighted by Gasteiger charge is 2.39. The van der Waals surface area contributed by atoms with Crippen molar-refractivity contribution in [1.29, 1.82) is 5.26 Å². The number of alkyl halides is 3. The predicted molar refractivity (Wildman–Crippen MR) is 78.5 cm³/mol. The SMILES string of the molecule is COc1cc(C=C(C#N)c2ccc(C(F)(F)F)[n+]([O-])c2)ccc1O. The number of phenolic OH excluding ortho intramolecular Hbond substituents is 1. The molecule has 0 saturated carbocycles. The Hall–Kier alpha value is -3.21. The van der Waals surface area contributed by atoms with Crippen LogP contribution in [0.5, 0.6) is 11.5 Å². The van der Waals surface area contributed by atoms with Gasteiger partial charge in [-0.1, -0.05) is 6.07 Å². The van der Waals surface area contributed by atoms with E-state index in [9.17, 15) is 28.7 Å². The molecule has 2 rings (SSSR count). The molecule has 2 aromatic rings. The zero-order valence-electron chi connectivity index (χ0n) is 12.3. The molecule has 0 aliphatic heterocycles. The van der Waals surface area contributed by atoms with Crippen molar-refractivity contribution < 1.29 is 27.7 Å². The third kappa shape index (κ3) is 3.57. The standard InChI is InChI=1S/C16H11F3N2O3/c1-24-14-7-10(2-4-13(14)22)6-12(8-20)11-3-5-15(16(17,18)19)21(23)9-11/h2-7,9,22H,1H3. The minimum absolute atomic E-state index is 0.0129. The Morgan fingerprint density at radius 3 is 2.58 bits per heavy atom. The third-order valence-electron chi connectivity index (χ3n) is 3.15. The number of rotatable bonds is 3. The summed E-state index contributed by atoms with van der Waals surface area (Å²) < 4.78 is 42.4. The second-order valence-corrected chi connectivity index (χ2v) is 4.73. The molecule has 124 valence electrons. The summed E-state index contributed by atoms with van der Waals surface area (Å²) in [5.74, 6) is 0.0763. The molecule has 0 fully saturated rings. The minimum atomic E-state index is -4.78. The number of benzene rings is 1. The number of nitrogens with zero attached hydrogens (tertiary/aromatic N) is 2. The van der Waals surface area contributed by atoms with Crippen molar-refractivity contribution in [2.45, 2.75) is 6.18 Å². The monoisotopic (exact) mass is 336 g/mol. The Balaban J connectivity index is 2.46. The van der Waals surface area contributed by atoms with Crippen LogP contribution in [0.25, 0.3) is 11.6 Å². The van der Waals surface area contributed by atoms with Crippen LogP contribution in [-0.2, 0) is 6.18 Å². The number of aromatic hydroxyl groups is 1. The van der Waals surface area contributed by atoms with Crippen molar-refractivity contribution in [3.8, 4) is 17.6 Å². The van der Waals surface area contributed by atoms with Gasteiger partial charge in [-0.2, -0.15) is 23.2 Å². The zero-order valence-corrected chi connectivity index (χ0v) is 12.3. The van der Waals surface area contributed by atoms with Crippen molar-refractivity contribution in [2.75, 3.05) is 7.11 Å². The van der Waals surface area contributed by atoms with Crippen LogP contribution in [0, 0.1) is 16.5 Å². The van der Waals surface area contributed by atoms with Crippen molar-refractivity contribution in [2.24, 2.45) is 0 Å². The maximum atomic E-state index is 12.6. The Bertz CT molecular complexity index is 839. The Labute approximate surface area is 135 Å². The van der Waals surface area contributed by atoms with E-state index in [1.165, 1.54) is 31.4 Å². The molecule has 24 heavy (non-hydrogen) atoms. The van der Waals surface area contributed by atoms with Crippen LogP contribution < -0.4 is 9.47 Å². The number of methoxy groups -OCH3 is 1. The first-order chi connectivity index (χ1) is 11.3. The van der Waals surface area contributed by atoms with Gasteiger partial charge < -0.3 is 15.1 Å². The largest absolute Gasteiger partial charge is 0.618 e. The van der Waals surface area contributed by atoms with E-state index in [0.29, 0.717) is 17.8 Å². The number of phenols is 1. The molecule has 0 bridgehead atoms. The summed E-state index contributed by atoms with van der Waals surface area (Å²) in [5, 5.41) is 30.2. The molecule has 0 atom stereocenters. The smallest absolute Gasteiger partial charge is 0.478 e. The first-order valence-electron chi connectivity index (χ1n) is 6.56. The lowest BCUT2D eigenvalue weighted by Crippen LogP contribution is -2.36. The highest BCUT2D eigenvalue weighted by molar-refractivity contribution is 5.89. The lowest BCUT2D eigenvalue weighted by atomic mass is 10.0. The van der Waals surface area contributed by atoms with Crippen LogP contribution in [0.4, 0.5) is 13.2 Å². The molecule has 1 aromatic carbocycles. The summed E-state index contributed by atoms with van der Waals surface area (Å²) in [6.07, 6.45) is -2.72. The fraction of sp³-hybridized carbons (Fsp3) is 0.125. The molecule has 0 unspecified atom stereocenters. The maximum absolute atomic E-state index is 12.6. The minimum Gasteiger partial charge on any atom is -0.618 e. The number of halogens is 3. The normalized spacial score (nSPS) is 11.9. The summed E-state index contributed by atoms with van der Waals surface area (Å²) in [5.41, 5.74) is -0.873. The Kier molecular flexibility index (Phi) is 4.64. The summed E-state index contributed by atoms with van der Waals surface area (Å²) in [4.78, 5) is 0. The maximum Gasteiger partial charge on any atom is 0.478 e. The van der Waals surface area contributed by atoms with Gasteiger partial charge in [-0.3, -0.25) is 0 Å². The molecule has 0 saturated heterocycles. The lowest BCUT2D eigenvalue weighted by molar-refractivity contribution is -0.629. The van der Waals surface area contributed by atoms with Gasteiger partial charge in [-0.25, -0.2) is 0 Å². The summed E-state index contributed by atoms with van der Waals surface area (Å²) in [6.45, 7) is 0. The molecule has 5 nitrogen and oxygen atoms in total. The molecule has 0 aliphatic rings. The highest BCUT2D eigenvalue weighted by atomic mass is 19.4. The van der Waals surface area contributed by atoms with Crippen LogP contribution in [0.1, 0.15) is 16.8 Å². The van der Waals surface area contributed by atoms with E-state index in [1.54, 1.807) is 0 Å². The van der Waals surface area contributed by atoms with E-state index >= 15 is 0 Å². The average molecular weight is 336 g/mol. The van der Waals surface area contributed by atoms with E-state index in [1.807, 2.05) is 6.07 Å². The van der Waals surface area contributed by atoms with Crippen LogP contribution in [0.3, 0.4) is 0 Å². The Morgan fingerprint density at radius 1 is 1.33 bits per heavy atom. The first-order valence-corrected chi connectivity index (χ1v) is 6.56. The van der Waals surface area contributed by atoms with Gasteiger partial charge in [0.15, 0.2) is 17.7 Å². The van der Waals surface area contributed by atoms with E-state index in [-0.39, 0.29) is 27.4 Å². The topological polar surface area (TPSA) is 80.2 Å². The molecule has 0 aliphatic carbocycles. The number of nitriles is 1. The van der Waals surface area contributed by atoms with Crippen molar-refractivity contribution in [3.63, 3.8) is 0 Å². The lowest BCUT2D eigenvalue weighted by Gasteiger charge is -2.09. The van der Waals surface area contributed by atoms with E-state index in [2.05, 4.69) is 0 Å². The van der Waals surface area contributed by atoms with Gasteiger partial charge in [0, 0.05) is 6.07 Å². The second kappa shape index (κ2) is 6.50.